The number of aromatic nitrogens is 5. The Morgan fingerprint density at radius 1 is 0.967 bits per heavy atom. The van der Waals surface area contributed by atoms with Gasteiger partial charge in [-0.3, -0.25) is 0 Å². The number of rotatable bonds is 5. The van der Waals surface area contributed by atoms with E-state index in [-0.39, 0.29) is 0 Å². The summed E-state index contributed by atoms with van der Waals surface area (Å²) in [5.41, 5.74) is 2.40. The third-order valence-corrected chi connectivity index (χ3v) is 8.36. The predicted molar refractivity (Wildman–Crippen MR) is 114 cm³/mol. The minimum atomic E-state index is -3.44. The van der Waals surface area contributed by atoms with Crippen molar-refractivity contribution in [2.45, 2.75) is 10.8 Å². The Bertz CT molecular complexity index is 1250. The van der Waals surface area contributed by atoms with Gasteiger partial charge < -0.3 is 4.90 Å². The SMILES string of the molecule is O=S(=O)(c1cccs1)N1CCN(c2ncnc3c2nnn3Cc2ccccc2)CC1. The largest absolute Gasteiger partial charge is 0.352 e. The van der Waals surface area contributed by atoms with E-state index >= 15 is 0 Å². The van der Waals surface area contributed by atoms with Gasteiger partial charge in [0.25, 0.3) is 10.0 Å². The maximum Gasteiger partial charge on any atom is 0.252 e. The van der Waals surface area contributed by atoms with Crippen LogP contribution in [0.3, 0.4) is 0 Å². The normalized spacial score (nSPS) is 15.7. The van der Waals surface area contributed by atoms with Crippen LogP contribution in [0.5, 0.6) is 0 Å². The summed E-state index contributed by atoms with van der Waals surface area (Å²) in [5, 5.41) is 10.4. The van der Waals surface area contributed by atoms with Crippen molar-refractivity contribution < 1.29 is 8.42 Å². The zero-order valence-electron chi connectivity index (χ0n) is 16.0. The standard InChI is InChI=1S/C19H19N7O2S2/c27-30(28,16-7-4-12-29-16)25-10-8-24(9-11-25)18-17-19(21-14-20-18)26(23-22-17)13-15-5-2-1-3-6-15/h1-7,12,14H,8-11,13H2. The second-order valence-corrected chi connectivity index (χ2v) is 10.0. The average molecular weight is 442 g/mol. The third kappa shape index (κ3) is 3.44. The van der Waals surface area contributed by atoms with Crippen molar-refractivity contribution in [3.05, 3.63) is 59.7 Å². The molecule has 154 valence electrons. The monoisotopic (exact) mass is 441 g/mol. The van der Waals surface area contributed by atoms with Crippen LogP contribution in [0, 0.1) is 0 Å². The lowest BCUT2D eigenvalue weighted by molar-refractivity contribution is 0.385. The molecule has 1 aliphatic heterocycles. The van der Waals surface area contributed by atoms with Gasteiger partial charge in [-0.15, -0.1) is 16.4 Å². The van der Waals surface area contributed by atoms with Gasteiger partial charge in [0, 0.05) is 26.2 Å². The molecule has 0 saturated carbocycles. The van der Waals surface area contributed by atoms with E-state index in [4.69, 9.17) is 0 Å². The van der Waals surface area contributed by atoms with Crippen LogP contribution in [0.4, 0.5) is 5.82 Å². The topological polar surface area (TPSA) is 97.1 Å². The molecule has 1 saturated heterocycles. The Hall–Kier alpha value is -2.89. The first-order valence-electron chi connectivity index (χ1n) is 9.50. The van der Waals surface area contributed by atoms with Crippen LogP contribution >= 0.6 is 11.3 Å². The summed E-state index contributed by atoms with van der Waals surface area (Å²) >= 11 is 1.24. The number of hydrogen-bond acceptors (Lipinski definition) is 8. The molecular weight excluding hydrogens is 422 g/mol. The van der Waals surface area contributed by atoms with Crippen LogP contribution in [-0.2, 0) is 16.6 Å². The van der Waals surface area contributed by atoms with Crippen molar-refractivity contribution >= 4 is 38.3 Å². The second kappa shape index (κ2) is 7.74. The van der Waals surface area contributed by atoms with Gasteiger partial charge in [0.1, 0.15) is 10.5 Å². The van der Waals surface area contributed by atoms with Gasteiger partial charge in [0.15, 0.2) is 17.0 Å². The van der Waals surface area contributed by atoms with E-state index < -0.39 is 10.0 Å². The highest BCUT2D eigenvalue weighted by Gasteiger charge is 2.30. The molecule has 0 radical (unpaired) electrons. The second-order valence-electron chi connectivity index (χ2n) is 6.93. The molecule has 4 aromatic rings. The molecule has 3 aromatic heterocycles. The number of thiophene rings is 1. The van der Waals surface area contributed by atoms with Crippen LogP contribution in [0.2, 0.25) is 0 Å². The molecule has 9 nitrogen and oxygen atoms in total. The van der Waals surface area contributed by atoms with E-state index in [9.17, 15) is 8.42 Å². The smallest absolute Gasteiger partial charge is 0.252 e. The van der Waals surface area contributed by atoms with Crippen molar-refractivity contribution in [3.63, 3.8) is 0 Å². The van der Waals surface area contributed by atoms with E-state index in [0.29, 0.717) is 53.9 Å². The molecule has 4 heterocycles. The summed E-state index contributed by atoms with van der Waals surface area (Å²) in [6, 6.07) is 13.4. The van der Waals surface area contributed by atoms with Gasteiger partial charge in [-0.05, 0) is 17.0 Å². The molecule has 0 spiro atoms. The van der Waals surface area contributed by atoms with Gasteiger partial charge in [-0.25, -0.2) is 23.1 Å². The highest BCUT2D eigenvalue weighted by atomic mass is 32.2. The number of benzene rings is 1. The molecule has 30 heavy (non-hydrogen) atoms. The summed E-state index contributed by atoms with van der Waals surface area (Å²) < 4.78 is 29.2. The molecule has 1 fully saturated rings. The molecule has 0 atom stereocenters. The molecule has 0 bridgehead atoms. The fourth-order valence-corrected chi connectivity index (χ4v) is 6.12. The van der Waals surface area contributed by atoms with Gasteiger partial charge in [-0.2, -0.15) is 4.31 Å². The number of nitrogens with zero attached hydrogens (tertiary/aromatic N) is 7. The van der Waals surface area contributed by atoms with Gasteiger partial charge in [0.2, 0.25) is 0 Å². The lowest BCUT2D eigenvalue weighted by Gasteiger charge is -2.34. The third-order valence-electron chi connectivity index (χ3n) is 5.08. The molecule has 0 amide bonds. The minimum Gasteiger partial charge on any atom is -0.352 e. The van der Waals surface area contributed by atoms with Gasteiger partial charge >= 0.3 is 0 Å². The summed E-state index contributed by atoms with van der Waals surface area (Å²) in [7, 11) is -3.44. The predicted octanol–water partition coefficient (Wildman–Crippen LogP) is 1.84. The van der Waals surface area contributed by atoms with Gasteiger partial charge in [0.05, 0.1) is 6.54 Å². The van der Waals surface area contributed by atoms with E-state index in [1.165, 1.54) is 22.0 Å². The highest BCUT2D eigenvalue weighted by Crippen LogP contribution is 2.25. The number of piperazine rings is 1. The van der Waals surface area contributed by atoms with E-state index in [2.05, 4.69) is 20.3 Å². The number of hydrogen-bond donors (Lipinski definition) is 0. The Balaban J connectivity index is 1.36. The molecule has 1 aliphatic rings. The van der Waals surface area contributed by atoms with Crippen molar-refractivity contribution in [2.75, 3.05) is 31.1 Å². The number of fused-ring (bicyclic) bond motifs is 1. The molecule has 5 rings (SSSR count). The van der Waals surface area contributed by atoms with Crippen LogP contribution in [0.25, 0.3) is 11.2 Å². The van der Waals surface area contributed by atoms with E-state index in [0.717, 1.165) is 5.56 Å². The molecular formula is C19H19N7O2S2. The van der Waals surface area contributed by atoms with Crippen LogP contribution < -0.4 is 4.90 Å². The number of sulfonamides is 1. The zero-order chi connectivity index (χ0) is 20.6. The van der Waals surface area contributed by atoms with Crippen molar-refractivity contribution in [1.29, 1.82) is 0 Å². The minimum absolute atomic E-state index is 0.379. The summed E-state index contributed by atoms with van der Waals surface area (Å²) in [5.74, 6) is 0.687. The fraction of sp³-hybridized carbons (Fsp3) is 0.263. The van der Waals surface area contributed by atoms with Crippen molar-refractivity contribution in [2.24, 2.45) is 0 Å². The maximum atomic E-state index is 12.7. The molecule has 0 unspecified atom stereocenters. The first-order chi connectivity index (χ1) is 14.6. The fourth-order valence-electron chi connectivity index (χ4n) is 3.55. The van der Waals surface area contributed by atoms with Crippen molar-refractivity contribution in [1.82, 2.24) is 29.3 Å². The van der Waals surface area contributed by atoms with Crippen LogP contribution in [-0.4, -0.2) is 63.9 Å². The maximum absolute atomic E-state index is 12.7. The Morgan fingerprint density at radius 3 is 2.50 bits per heavy atom. The van der Waals surface area contributed by atoms with Crippen molar-refractivity contribution in [3.8, 4) is 0 Å². The average Bonchev–Trinajstić information content (AvgIpc) is 3.46. The first-order valence-corrected chi connectivity index (χ1v) is 11.8. The Kier molecular flexibility index (Phi) is 4.93. The first kappa shape index (κ1) is 19.1. The molecule has 0 N–H and O–H groups in total. The number of anilines is 1. The zero-order valence-corrected chi connectivity index (χ0v) is 17.6. The lowest BCUT2D eigenvalue weighted by Crippen LogP contribution is -2.48. The van der Waals surface area contributed by atoms with Crippen LogP contribution in [0.15, 0.2) is 58.4 Å². The quantitative estimate of drug-likeness (QED) is 0.466. The molecule has 0 aliphatic carbocycles. The Morgan fingerprint density at radius 2 is 1.77 bits per heavy atom. The summed E-state index contributed by atoms with van der Waals surface area (Å²) in [4.78, 5) is 10.8. The van der Waals surface area contributed by atoms with Gasteiger partial charge in [-0.1, -0.05) is 41.6 Å². The molecule has 11 heteroatoms. The van der Waals surface area contributed by atoms with Crippen LogP contribution in [0.1, 0.15) is 5.56 Å². The van der Waals surface area contributed by atoms with E-state index in [1.54, 1.807) is 22.2 Å². The highest BCUT2D eigenvalue weighted by molar-refractivity contribution is 7.91. The van der Waals surface area contributed by atoms with E-state index in [1.807, 2.05) is 35.2 Å². The summed E-state index contributed by atoms with van der Waals surface area (Å²) in [6.45, 7) is 2.42. The molecule has 1 aromatic carbocycles. The lowest BCUT2D eigenvalue weighted by atomic mass is 10.2. The Labute approximate surface area is 177 Å². The summed E-state index contributed by atoms with van der Waals surface area (Å²) in [6.07, 6.45) is 1.51.